The van der Waals surface area contributed by atoms with Gasteiger partial charge >= 0.3 is 0 Å². The van der Waals surface area contributed by atoms with Gasteiger partial charge in [0.05, 0.1) is 18.9 Å². The van der Waals surface area contributed by atoms with Gasteiger partial charge in [-0.1, -0.05) is 11.2 Å². The Morgan fingerprint density at radius 1 is 1.20 bits per heavy atom. The van der Waals surface area contributed by atoms with Crippen LogP contribution in [0, 0.1) is 0 Å². The number of hydrogen-bond acceptors (Lipinski definition) is 7. The molecular weight excluding hydrogens is 320 g/mol. The summed E-state index contributed by atoms with van der Waals surface area (Å²) in [4.78, 5) is 10.9. The van der Waals surface area contributed by atoms with Gasteiger partial charge < -0.3 is 13.7 Å². The van der Waals surface area contributed by atoms with E-state index in [9.17, 15) is 0 Å². The van der Waals surface area contributed by atoms with Gasteiger partial charge in [-0.2, -0.15) is 4.98 Å². The molecule has 1 fully saturated rings. The average Bonchev–Trinajstić information content (AvgIpc) is 3.38. The number of furan rings is 1. The van der Waals surface area contributed by atoms with E-state index in [1.165, 1.54) is 0 Å². The summed E-state index contributed by atoms with van der Waals surface area (Å²) in [6.07, 6.45) is 7.72. The van der Waals surface area contributed by atoms with Crippen molar-refractivity contribution in [1.82, 2.24) is 20.0 Å². The van der Waals surface area contributed by atoms with E-state index in [-0.39, 0.29) is 6.10 Å². The minimum Gasteiger partial charge on any atom is -0.459 e. The van der Waals surface area contributed by atoms with Crippen LogP contribution >= 0.6 is 0 Å². The van der Waals surface area contributed by atoms with E-state index in [0.717, 1.165) is 38.1 Å². The largest absolute Gasteiger partial charge is 0.459 e. The van der Waals surface area contributed by atoms with E-state index < -0.39 is 0 Å². The van der Waals surface area contributed by atoms with E-state index in [4.69, 9.17) is 13.7 Å². The van der Waals surface area contributed by atoms with Crippen LogP contribution in [0.2, 0.25) is 0 Å². The maximum Gasteiger partial charge on any atom is 0.293 e. The minimum absolute atomic E-state index is 0.258. The normalized spacial score (nSPS) is 17.4. The van der Waals surface area contributed by atoms with Crippen LogP contribution in [0.4, 0.5) is 0 Å². The van der Waals surface area contributed by atoms with Crippen LogP contribution in [0.5, 0.6) is 0 Å². The molecule has 0 amide bonds. The molecule has 25 heavy (non-hydrogen) atoms. The van der Waals surface area contributed by atoms with Crippen LogP contribution in [-0.2, 0) is 17.8 Å². The van der Waals surface area contributed by atoms with Gasteiger partial charge in [-0.15, -0.1) is 0 Å². The Morgan fingerprint density at radius 2 is 2.20 bits per heavy atom. The monoisotopic (exact) mass is 340 g/mol. The molecule has 4 rings (SSSR count). The van der Waals surface area contributed by atoms with Gasteiger partial charge in [0, 0.05) is 32.1 Å². The van der Waals surface area contributed by atoms with E-state index >= 15 is 0 Å². The van der Waals surface area contributed by atoms with Crippen molar-refractivity contribution in [2.75, 3.05) is 13.2 Å². The summed E-state index contributed by atoms with van der Waals surface area (Å²) in [5.41, 5.74) is 1.15. The summed E-state index contributed by atoms with van der Waals surface area (Å²) in [5.74, 6) is 1.61. The summed E-state index contributed by atoms with van der Waals surface area (Å²) in [6, 6.07) is 7.62. The predicted octanol–water partition coefficient (Wildman–Crippen LogP) is 2.91. The molecule has 0 radical (unpaired) electrons. The third-order valence-corrected chi connectivity index (χ3v) is 4.18. The van der Waals surface area contributed by atoms with Crippen LogP contribution in [0.15, 0.2) is 51.9 Å². The first-order valence-electron chi connectivity index (χ1n) is 8.46. The van der Waals surface area contributed by atoms with Crippen molar-refractivity contribution in [2.24, 2.45) is 0 Å². The molecular formula is C18H20N4O3. The van der Waals surface area contributed by atoms with Crippen LogP contribution in [0.1, 0.15) is 24.2 Å². The lowest BCUT2D eigenvalue weighted by atomic mass is 10.2. The molecule has 0 spiro atoms. The van der Waals surface area contributed by atoms with Crippen molar-refractivity contribution in [1.29, 1.82) is 0 Å². The standard InChI is InChI=1S/C18H20N4O3/c1-4-14(10-19-7-1)11-22(12-15-5-2-8-23-15)13-17-20-18(25-21-17)16-6-3-9-24-16/h1,3-4,6-7,9-10,15H,2,5,8,11-13H2. The molecule has 1 aliphatic rings. The maximum atomic E-state index is 5.79. The molecule has 1 aliphatic heterocycles. The van der Waals surface area contributed by atoms with Gasteiger partial charge in [-0.25, -0.2) is 0 Å². The fourth-order valence-corrected chi connectivity index (χ4v) is 3.03. The summed E-state index contributed by atoms with van der Waals surface area (Å²) in [5, 5.41) is 4.08. The Kier molecular flexibility index (Phi) is 4.85. The van der Waals surface area contributed by atoms with Crippen molar-refractivity contribution in [3.63, 3.8) is 0 Å². The second kappa shape index (κ2) is 7.58. The molecule has 0 aromatic carbocycles. The Labute approximate surface area is 145 Å². The molecule has 7 nitrogen and oxygen atoms in total. The highest BCUT2D eigenvalue weighted by Crippen LogP contribution is 2.19. The molecule has 3 aromatic rings. The van der Waals surface area contributed by atoms with Gasteiger partial charge in [0.2, 0.25) is 0 Å². The lowest BCUT2D eigenvalue weighted by molar-refractivity contribution is 0.0667. The first-order valence-corrected chi connectivity index (χ1v) is 8.46. The first kappa shape index (κ1) is 16.0. The second-order valence-corrected chi connectivity index (χ2v) is 6.16. The summed E-state index contributed by atoms with van der Waals surface area (Å²) in [7, 11) is 0. The average molecular weight is 340 g/mol. The molecule has 0 bridgehead atoms. The molecule has 4 heterocycles. The Bertz CT molecular complexity index is 767. The zero-order chi connectivity index (χ0) is 16.9. The smallest absolute Gasteiger partial charge is 0.293 e. The third kappa shape index (κ3) is 4.12. The number of ether oxygens (including phenoxy) is 1. The van der Waals surface area contributed by atoms with E-state index in [0.29, 0.717) is 24.0 Å². The van der Waals surface area contributed by atoms with E-state index in [2.05, 4.69) is 26.1 Å². The van der Waals surface area contributed by atoms with Crippen LogP contribution in [0.25, 0.3) is 11.7 Å². The van der Waals surface area contributed by atoms with Crippen molar-refractivity contribution in [3.05, 3.63) is 54.3 Å². The lowest BCUT2D eigenvalue weighted by Gasteiger charge is -2.23. The van der Waals surface area contributed by atoms with Crippen molar-refractivity contribution < 1.29 is 13.7 Å². The number of nitrogens with zero attached hydrogens (tertiary/aromatic N) is 4. The number of hydrogen-bond donors (Lipinski definition) is 0. The molecule has 130 valence electrons. The molecule has 3 aromatic heterocycles. The van der Waals surface area contributed by atoms with Crippen LogP contribution < -0.4 is 0 Å². The number of pyridine rings is 1. The van der Waals surface area contributed by atoms with Gasteiger partial charge in [-0.3, -0.25) is 9.88 Å². The Balaban J connectivity index is 1.47. The lowest BCUT2D eigenvalue weighted by Crippen LogP contribution is -2.31. The molecule has 1 unspecified atom stereocenters. The van der Waals surface area contributed by atoms with Gasteiger partial charge in [0.1, 0.15) is 0 Å². The van der Waals surface area contributed by atoms with Gasteiger partial charge in [0.15, 0.2) is 11.6 Å². The maximum absolute atomic E-state index is 5.79. The van der Waals surface area contributed by atoms with E-state index in [1.807, 2.05) is 12.3 Å². The molecule has 1 atom stereocenters. The molecule has 0 saturated carbocycles. The number of rotatable bonds is 7. The highest BCUT2D eigenvalue weighted by Gasteiger charge is 2.21. The van der Waals surface area contributed by atoms with Crippen LogP contribution in [0.3, 0.4) is 0 Å². The quantitative estimate of drug-likeness (QED) is 0.654. The minimum atomic E-state index is 0.258. The van der Waals surface area contributed by atoms with Gasteiger partial charge in [-0.05, 0) is 36.6 Å². The summed E-state index contributed by atoms with van der Waals surface area (Å²) in [6.45, 7) is 3.02. The van der Waals surface area contributed by atoms with Crippen LogP contribution in [-0.4, -0.2) is 39.3 Å². The van der Waals surface area contributed by atoms with Crippen molar-refractivity contribution in [3.8, 4) is 11.7 Å². The zero-order valence-electron chi connectivity index (χ0n) is 13.9. The van der Waals surface area contributed by atoms with E-state index in [1.54, 1.807) is 24.6 Å². The molecule has 0 aliphatic carbocycles. The fourth-order valence-electron chi connectivity index (χ4n) is 3.03. The highest BCUT2D eigenvalue weighted by molar-refractivity contribution is 5.42. The Hall–Kier alpha value is -2.51. The Morgan fingerprint density at radius 3 is 2.96 bits per heavy atom. The molecule has 1 saturated heterocycles. The highest BCUT2D eigenvalue weighted by atomic mass is 16.5. The summed E-state index contributed by atoms with van der Waals surface area (Å²) < 4.78 is 16.4. The predicted molar refractivity (Wildman–Crippen MR) is 89.3 cm³/mol. The second-order valence-electron chi connectivity index (χ2n) is 6.16. The molecule has 7 heteroatoms. The SMILES string of the molecule is c1cncc(CN(Cc2noc(-c3ccco3)n2)CC2CCCO2)c1. The first-order chi connectivity index (χ1) is 12.4. The van der Waals surface area contributed by atoms with Crippen molar-refractivity contribution in [2.45, 2.75) is 32.0 Å². The summed E-state index contributed by atoms with van der Waals surface area (Å²) >= 11 is 0. The van der Waals surface area contributed by atoms with Crippen molar-refractivity contribution >= 4 is 0 Å². The molecule has 0 N–H and O–H groups in total. The number of aromatic nitrogens is 3. The van der Waals surface area contributed by atoms with Gasteiger partial charge in [0.25, 0.3) is 5.89 Å². The topological polar surface area (TPSA) is 77.4 Å². The third-order valence-electron chi connectivity index (χ3n) is 4.18. The zero-order valence-corrected chi connectivity index (χ0v) is 13.9. The fraction of sp³-hybridized carbons (Fsp3) is 0.389.